The topological polar surface area (TPSA) is 160 Å². The average Bonchev–Trinajstić information content (AvgIpc) is 2.82. The maximum Gasteiger partial charge on any atom is 0.414 e. The molecule has 0 saturated heterocycles. The molecule has 5 amide bonds. The Morgan fingerprint density at radius 1 is 0.973 bits per heavy atom. The number of rotatable bonds is 7. The predicted molar refractivity (Wildman–Crippen MR) is 137 cm³/mol. The first-order valence-electron chi connectivity index (χ1n) is 11.0. The number of carbonyl (C=O) groups excluding carboxylic acids is 5. The summed E-state index contributed by atoms with van der Waals surface area (Å²) in [6.07, 6.45) is -0.930. The molecule has 0 fully saturated rings. The molecule has 12 nitrogen and oxygen atoms in total. The molecule has 0 atom stereocenters. The molecule has 13 heteroatoms. The summed E-state index contributed by atoms with van der Waals surface area (Å²) >= 11 is 3.29. The Morgan fingerprint density at radius 2 is 1.59 bits per heavy atom. The summed E-state index contributed by atoms with van der Waals surface area (Å²) in [7, 11) is 1.49. The molecule has 0 radical (unpaired) electrons. The normalized spacial score (nSPS) is 10.9. The lowest BCUT2D eigenvalue weighted by molar-refractivity contribution is -0.144. The summed E-state index contributed by atoms with van der Waals surface area (Å²) in [5, 5.41) is 3.64. The van der Waals surface area contributed by atoms with E-state index in [4.69, 9.17) is 15.2 Å². The number of alkyl carbamates (subject to hydrolysis) is 1. The van der Waals surface area contributed by atoms with Crippen LogP contribution in [0.5, 0.6) is 5.75 Å². The van der Waals surface area contributed by atoms with E-state index in [0.717, 1.165) is 10.1 Å². The highest BCUT2D eigenvalue weighted by atomic mass is 79.9. The van der Waals surface area contributed by atoms with Gasteiger partial charge in [-0.25, -0.2) is 9.80 Å². The SMILES string of the molecule is COc1ccccc1CCN(NC(=O)C(N)=O)N(C(=O)C(=O)NC(=O)OC(C)(C)C)c1ccc(Br)cc1. The van der Waals surface area contributed by atoms with E-state index in [9.17, 15) is 24.0 Å². The van der Waals surface area contributed by atoms with Gasteiger partial charge in [-0.1, -0.05) is 34.1 Å². The van der Waals surface area contributed by atoms with E-state index in [1.807, 2.05) is 5.32 Å². The fourth-order valence-electron chi connectivity index (χ4n) is 3.01. The number of carbonyl (C=O) groups is 5. The van der Waals surface area contributed by atoms with Gasteiger partial charge in [0.05, 0.1) is 12.8 Å². The number of nitrogens with two attached hydrogens (primary N) is 1. The number of methoxy groups -OCH3 is 1. The minimum atomic E-state index is -1.34. The Kier molecular flexibility index (Phi) is 10.1. The molecule has 0 saturated carbocycles. The van der Waals surface area contributed by atoms with Gasteiger partial charge in [0.2, 0.25) is 0 Å². The maximum absolute atomic E-state index is 13.3. The predicted octanol–water partition coefficient (Wildman–Crippen LogP) is 1.82. The van der Waals surface area contributed by atoms with Gasteiger partial charge in [-0.2, -0.15) is 0 Å². The summed E-state index contributed by atoms with van der Waals surface area (Å²) in [5.41, 5.74) is 7.28. The van der Waals surface area contributed by atoms with Crippen LogP contribution in [0.2, 0.25) is 0 Å². The maximum atomic E-state index is 13.3. The number of hydrogen-bond acceptors (Lipinski definition) is 8. The number of imide groups is 1. The number of hydrogen-bond donors (Lipinski definition) is 3. The third kappa shape index (κ3) is 8.88. The van der Waals surface area contributed by atoms with Gasteiger partial charge in [-0.15, -0.1) is 5.12 Å². The minimum Gasteiger partial charge on any atom is -0.496 e. The Hall–Kier alpha value is -3.97. The molecule has 4 N–H and O–H groups in total. The van der Waals surface area contributed by atoms with Crippen molar-refractivity contribution in [2.75, 3.05) is 18.7 Å². The van der Waals surface area contributed by atoms with E-state index in [1.54, 1.807) is 57.2 Å². The van der Waals surface area contributed by atoms with Crippen LogP contribution in [0.4, 0.5) is 10.5 Å². The third-order valence-corrected chi connectivity index (χ3v) is 5.08. The van der Waals surface area contributed by atoms with E-state index >= 15 is 0 Å². The summed E-state index contributed by atoms with van der Waals surface area (Å²) in [5.74, 6) is -4.59. The number of ether oxygens (including phenoxy) is 2. The Labute approximate surface area is 222 Å². The molecule has 0 unspecified atom stereocenters. The first-order chi connectivity index (χ1) is 17.3. The lowest BCUT2D eigenvalue weighted by Gasteiger charge is -2.34. The second-order valence-electron chi connectivity index (χ2n) is 8.54. The molecule has 2 rings (SSSR count). The van der Waals surface area contributed by atoms with Gasteiger partial charge in [0.25, 0.3) is 0 Å². The number of anilines is 1. The van der Waals surface area contributed by atoms with E-state index in [0.29, 0.717) is 15.8 Å². The monoisotopic (exact) mass is 577 g/mol. The molecule has 0 aliphatic carbocycles. The van der Waals surface area contributed by atoms with Crippen LogP contribution in [-0.4, -0.2) is 54.1 Å². The molecule has 198 valence electrons. The summed E-state index contributed by atoms with van der Waals surface area (Å²) < 4.78 is 11.1. The number of nitrogens with zero attached hydrogens (tertiary/aromatic N) is 2. The van der Waals surface area contributed by atoms with Crippen molar-refractivity contribution in [2.45, 2.75) is 32.8 Å². The van der Waals surface area contributed by atoms with Crippen molar-refractivity contribution in [3.8, 4) is 5.75 Å². The van der Waals surface area contributed by atoms with Gasteiger partial charge in [-0.3, -0.25) is 29.9 Å². The van der Waals surface area contributed by atoms with Gasteiger partial charge in [0.15, 0.2) is 0 Å². The number of hydrazine groups is 2. The van der Waals surface area contributed by atoms with Crippen LogP contribution in [0.25, 0.3) is 0 Å². The Morgan fingerprint density at radius 3 is 2.16 bits per heavy atom. The van der Waals surface area contributed by atoms with Crippen LogP contribution < -0.4 is 26.2 Å². The molecule has 37 heavy (non-hydrogen) atoms. The van der Waals surface area contributed by atoms with E-state index in [2.05, 4.69) is 21.4 Å². The minimum absolute atomic E-state index is 0.110. The quantitative estimate of drug-likeness (QED) is 0.331. The second-order valence-corrected chi connectivity index (χ2v) is 9.46. The van der Waals surface area contributed by atoms with Crippen molar-refractivity contribution < 1.29 is 33.4 Å². The van der Waals surface area contributed by atoms with Gasteiger partial charge >= 0.3 is 29.7 Å². The number of nitrogens with one attached hydrogen (secondary N) is 2. The Bertz CT molecular complexity index is 1160. The number of amides is 5. The number of benzene rings is 2. The summed E-state index contributed by atoms with van der Waals surface area (Å²) in [4.78, 5) is 61.9. The Balaban J connectivity index is 2.45. The first-order valence-corrected chi connectivity index (χ1v) is 11.8. The van der Waals surface area contributed by atoms with Crippen molar-refractivity contribution in [3.63, 3.8) is 0 Å². The fraction of sp³-hybridized carbons (Fsp3) is 0.292. The van der Waals surface area contributed by atoms with Gasteiger partial charge in [0, 0.05) is 11.0 Å². The highest BCUT2D eigenvalue weighted by molar-refractivity contribution is 9.10. The summed E-state index contributed by atoms with van der Waals surface area (Å²) in [6.45, 7) is 4.66. The van der Waals surface area contributed by atoms with Crippen LogP contribution in [-0.2, 0) is 30.3 Å². The lowest BCUT2D eigenvalue weighted by Crippen LogP contribution is -2.61. The van der Waals surface area contributed by atoms with E-state index in [-0.39, 0.29) is 18.7 Å². The van der Waals surface area contributed by atoms with Crippen LogP contribution in [0.1, 0.15) is 26.3 Å². The average molecular weight is 578 g/mol. The van der Waals surface area contributed by atoms with Crippen LogP contribution >= 0.6 is 15.9 Å². The molecule has 0 spiro atoms. The molecular formula is C24H28BrN5O7. The molecule has 0 bridgehead atoms. The van der Waals surface area contributed by atoms with Crippen LogP contribution in [0, 0.1) is 0 Å². The fourth-order valence-corrected chi connectivity index (χ4v) is 3.27. The zero-order valence-corrected chi connectivity index (χ0v) is 22.3. The van der Waals surface area contributed by atoms with Crippen LogP contribution in [0.3, 0.4) is 0 Å². The number of primary amides is 1. The third-order valence-electron chi connectivity index (χ3n) is 4.55. The largest absolute Gasteiger partial charge is 0.496 e. The molecule has 2 aromatic rings. The molecule has 2 aromatic carbocycles. The van der Waals surface area contributed by atoms with Crippen molar-refractivity contribution in [2.24, 2.45) is 5.73 Å². The molecular weight excluding hydrogens is 550 g/mol. The molecule has 0 aliphatic heterocycles. The molecule has 0 aromatic heterocycles. The highest BCUT2D eigenvalue weighted by Crippen LogP contribution is 2.22. The number of halogens is 1. The zero-order valence-electron chi connectivity index (χ0n) is 20.7. The standard InChI is InChI=1S/C24H28BrN5O7/c1-24(2,3)37-23(35)27-21(33)22(34)30(17-11-9-16(25)10-12-17)29(28-20(32)19(26)31)14-13-15-7-5-6-8-18(15)36-4/h5-12H,13-14H2,1-4H3,(H2,26,31)(H,28,32)(H,27,33,35). The highest BCUT2D eigenvalue weighted by Gasteiger charge is 2.33. The van der Waals surface area contributed by atoms with E-state index in [1.165, 1.54) is 19.2 Å². The van der Waals surface area contributed by atoms with E-state index < -0.39 is 35.3 Å². The zero-order chi connectivity index (χ0) is 27.8. The second kappa shape index (κ2) is 12.8. The van der Waals surface area contributed by atoms with Crippen molar-refractivity contribution in [3.05, 3.63) is 58.6 Å². The van der Waals surface area contributed by atoms with Gasteiger partial charge in [0.1, 0.15) is 11.4 Å². The van der Waals surface area contributed by atoms with Gasteiger partial charge < -0.3 is 15.2 Å². The molecule has 0 aliphatic rings. The molecule has 0 heterocycles. The smallest absolute Gasteiger partial charge is 0.414 e. The summed E-state index contributed by atoms with van der Waals surface area (Å²) in [6, 6.07) is 13.2. The van der Waals surface area contributed by atoms with Crippen molar-refractivity contribution in [1.29, 1.82) is 0 Å². The van der Waals surface area contributed by atoms with Crippen molar-refractivity contribution in [1.82, 2.24) is 15.9 Å². The van der Waals surface area contributed by atoms with Crippen LogP contribution in [0.15, 0.2) is 53.0 Å². The first kappa shape index (κ1) is 29.3. The number of para-hydroxylation sites is 1. The van der Waals surface area contributed by atoms with Crippen molar-refractivity contribution >= 4 is 51.3 Å². The lowest BCUT2D eigenvalue weighted by atomic mass is 10.1. The van der Waals surface area contributed by atoms with Gasteiger partial charge in [-0.05, 0) is 63.1 Å².